The second-order valence-electron chi connectivity index (χ2n) is 4.37. The van der Waals surface area contributed by atoms with E-state index in [0.717, 1.165) is 18.0 Å². The molecular formula is C10H20N2. The molecule has 0 aromatic heterocycles. The normalized spacial score (nSPS) is 41.2. The van der Waals surface area contributed by atoms with E-state index in [1.54, 1.807) is 0 Å². The van der Waals surface area contributed by atoms with Crippen molar-refractivity contribution >= 4 is 0 Å². The summed E-state index contributed by atoms with van der Waals surface area (Å²) < 4.78 is 0. The zero-order valence-electron chi connectivity index (χ0n) is 7.97. The molecule has 1 aliphatic carbocycles. The zero-order chi connectivity index (χ0) is 8.39. The number of rotatable bonds is 3. The van der Waals surface area contributed by atoms with Gasteiger partial charge in [-0.1, -0.05) is 13.3 Å². The molecule has 2 rings (SSSR count). The molecule has 0 bridgehead atoms. The summed E-state index contributed by atoms with van der Waals surface area (Å²) in [5.41, 5.74) is 0. The van der Waals surface area contributed by atoms with Crippen molar-refractivity contribution in [2.24, 2.45) is 5.92 Å². The maximum Gasteiger partial charge on any atom is 0.0192 e. The molecule has 2 unspecified atom stereocenters. The third kappa shape index (κ3) is 2.20. The van der Waals surface area contributed by atoms with Crippen molar-refractivity contribution < 1.29 is 0 Å². The van der Waals surface area contributed by atoms with E-state index in [1.807, 2.05) is 0 Å². The van der Waals surface area contributed by atoms with Crippen molar-refractivity contribution in [2.45, 2.75) is 44.7 Å². The Kier molecular flexibility index (Phi) is 2.66. The van der Waals surface area contributed by atoms with Crippen LogP contribution in [-0.2, 0) is 0 Å². The van der Waals surface area contributed by atoms with Gasteiger partial charge in [0.15, 0.2) is 0 Å². The van der Waals surface area contributed by atoms with E-state index in [1.165, 1.54) is 38.8 Å². The van der Waals surface area contributed by atoms with Crippen LogP contribution in [-0.4, -0.2) is 25.2 Å². The SMILES string of the molecule is CC1CC1NC[C@H]1CCCCN1. The van der Waals surface area contributed by atoms with E-state index in [-0.39, 0.29) is 0 Å². The van der Waals surface area contributed by atoms with E-state index < -0.39 is 0 Å². The monoisotopic (exact) mass is 168 g/mol. The summed E-state index contributed by atoms with van der Waals surface area (Å²) in [6.07, 6.45) is 5.55. The second-order valence-corrected chi connectivity index (χ2v) is 4.37. The van der Waals surface area contributed by atoms with Crippen LogP contribution in [0.25, 0.3) is 0 Å². The van der Waals surface area contributed by atoms with Gasteiger partial charge in [-0.25, -0.2) is 0 Å². The Morgan fingerprint density at radius 3 is 2.83 bits per heavy atom. The Morgan fingerprint density at radius 1 is 1.42 bits per heavy atom. The summed E-state index contributed by atoms with van der Waals surface area (Å²) >= 11 is 0. The summed E-state index contributed by atoms with van der Waals surface area (Å²) in [6, 6.07) is 1.60. The topological polar surface area (TPSA) is 24.1 Å². The average Bonchev–Trinajstić information content (AvgIpc) is 2.81. The molecule has 0 spiro atoms. The van der Waals surface area contributed by atoms with Crippen molar-refractivity contribution in [2.75, 3.05) is 13.1 Å². The van der Waals surface area contributed by atoms with Gasteiger partial charge in [0, 0.05) is 18.6 Å². The zero-order valence-corrected chi connectivity index (χ0v) is 7.97. The van der Waals surface area contributed by atoms with Gasteiger partial charge in [-0.2, -0.15) is 0 Å². The fourth-order valence-corrected chi connectivity index (χ4v) is 2.00. The fraction of sp³-hybridized carbons (Fsp3) is 1.00. The molecule has 12 heavy (non-hydrogen) atoms. The molecule has 2 fully saturated rings. The molecule has 0 amide bonds. The van der Waals surface area contributed by atoms with E-state index in [4.69, 9.17) is 0 Å². The van der Waals surface area contributed by atoms with Crippen LogP contribution in [0.4, 0.5) is 0 Å². The lowest BCUT2D eigenvalue weighted by Gasteiger charge is -2.23. The lowest BCUT2D eigenvalue weighted by molar-refractivity contribution is 0.381. The molecule has 2 nitrogen and oxygen atoms in total. The molecular weight excluding hydrogens is 148 g/mol. The maximum absolute atomic E-state index is 3.61. The highest BCUT2D eigenvalue weighted by Crippen LogP contribution is 2.28. The number of hydrogen-bond donors (Lipinski definition) is 2. The van der Waals surface area contributed by atoms with Crippen LogP contribution in [0, 0.1) is 5.92 Å². The number of hydrogen-bond acceptors (Lipinski definition) is 2. The van der Waals surface area contributed by atoms with Crippen LogP contribution in [0.2, 0.25) is 0 Å². The van der Waals surface area contributed by atoms with Crippen LogP contribution in [0.5, 0.6) is 0 Å². The first-order chi connectivity index (χ1) is 5.86. The summed E-state index contributed by atoms with van der Waals surface area (Å²) in [6.45, 7) is 4.74. The summed E-state index contributed by atoms with van der Waals surface area (Å²) in [5.74, 6) is 0.939. The first kappa shape index (κ1) is 8.52. The van der Waals surface area contributed by atoms with Gasteiger partial charge in [-0.05, 0) is 31.7 Å². The van der Waals surface area contributed by atoms with Crippen LogP contribution >= 0.6 is 0 Å². The summed E-state index contributed by atoms with van der Waals surface area (Å²) in [5, 5.41) is 7.17. The van der Waals surface area contributed by atoms with Crippen molar-refractivity contribution in [3.05, 3.63) is 0 Å². The lowest BCUT2D eigenvalue weighted by atomic mass is 10.1. The van der Waals surface area contributed by atoms with E-state index in [9.17, 15) is 0 Å². The maximum atomic E-state index is 3.61. The van der Waals surface area contributed by atoms with E-state index >= 15 is 0 Å². The Bertz CT molecular complexity index is 141. The molecule has 70 valence electrons. The van der Waals surface area contributed by atoms with Gasteiger partial charge in [-0.3, -0.25) is 0 Å². The predicted molar refractivity (Wildman–Crippen MR) is 51.2 cm³/mol. The lowest BCUT2D eigenvalue weighted by Crippen LogP contribution is -2.42. The molecule has 0 radical (unpaired) electrons. The van der Waals surface area contributed by atoms with Crippen molar-refractivity contribution in [1.82, 2.24) is 10.6 Å². The Labute approximate surface area is 75.1 Å². The van der Waals surface area contributed by atoms with Crippen LogP contribution in [0.3, 0.4) is 0 Å². The van der Waals surface area contributed by atoms with Gasteiger partial charge in [0.05, 0.1) is 0 Å². The Balaban J connectivity index is 1.59. The molecule has 0 aromatic carbocycles. The van der Waals surface area contributed by atoms with Gasteiger partial charge in [0.2, 0.25) is 0 Å². The number of nitrogens with one attached hydrogen (secondary N) is 2. The third-order valence-electron chi connectivity index (χ3n) is 3.15. The van der Waals surface area contributed by atoms with Crippen molar-refractivity contribution in [3.63, 3.8) is 0 Å². The first-order valence-corrected chi connectivity index (χ1v) is 5.33. The molecule has 2 N–H and O–H groups in total. The highest BCUT2D eigenvalue weighted by Gasteiger charge is 2.32. The smallest absolute Gasteiger partial charge is 0.0192 e. The quantitative estimate of drug-likeness (QED) is 0.660. The fourth-order valence-electron chi connectivity index (χ4n) is 2.00. The molecule has 1 heterocycles. The summed E-state index contributed by atoms with van der Waals surface area (Å²) in [7, 11) is 0. The minimum absolute atomic E-state index is 0.756. The van der Waals surface area contributed by atoms with Crippen LogP contribution in [0.1, 0.15) is 32.6 Å². The van der Waals surface area contributed by atoms with Crippen LogP contribution in [0.15, 0.2) is 0 Å². The molecule has 3 atom stereocenters. The highest BCUT2D eigenvalue weighted by molar-refractivity contribution is 4.91. The van der Waals surface area contributed by atoms with Crippen LogP contribution < -0.4 is 10.6 Å². The van der Waals surface area contributed by atoms with Crippen molar-refractivity contribution in [1.29, 1.82) is 0 Å². The summed E-state index contributed by atoms with van der Waals surface area (Å²) in [4.78, 5) is 0. The minimum Gasteiger partial charge on any atom is -0.313 e. The van der Waals surface area contributed by atoms with E-state index in [2.05, 4.69) is 17.6 Å². The van der Waals surface area contributed by atoms with Gasteiger partial charge in [0.1, 0.15) is 0 Å². The second kappa shape index (κ2) is 3.75. The minimum atomic E-state index is 0.756. The number of piperidine rings is 1. The molecule has 1 aliphatic heterocycles. The van der Waals surface area contributed by atoms with Gasteiger partial charge < -0.3 is 10.6 Å². The molecule has 1 saturated carbocycles. The molecule has 2 aliphatic rings. The Morgan fingerprint density at radius 2 is 2.25 bits per heavy atom. The standard InChI is InChI=1S/C10H20N2/c1-8-6-10(8)12-7-9-4-2-3-5-11-9/h8-12H,2-7H2,1H3/t8?,9-,10?/m1/s1. The van der Waals surface area contributed by atoms with Crippen molar-refractivity contribution in [3.8, 4) is 0 Å². The van der Waals surface area contributed by atoms with Gasteiger partial charge in [-0.15, -0.1) is 0 Å². The first-order valence-electron chi connectivity index (χ1n) is 5.33. The average molecular weight is 168 g/mol. The van der Waals surface area contributed by atoms with E-state index in [0.29, 0.717) is 0 Å². The van der Waals surface area contributed by atoms with Gasteiger partial charge >= 0.3 is 0 Å². The molecule has 1 saturated heterocycles. The highest BCUT2D eigenvalue weighted by atomic mass is 15.0. The largest absolute Gasteiger partial charge is 0.313 e. The third-order valence-corrected chi connectivity index (χ3v) is 3.15. The van der Waals surface area contributed by atoms with Gasteiger partial charge in [0.25, 0.3) is 0 Å². The Hall–Kier alpha value is -0.0800. The predicted octanol–water partition coefficient (Wildman–Crippen LogP) is 1.13. The molecule has 0 aromatic rings. The molecule has 2 heteroatoms.